The normalized spacial score (nSPS) is 10.1. The number of benzene rings is 1. The summed E-state index contributed by atoms with van der Waals surface area (Å²) in [5.41, 5.74) is 0.587. The Labute approximate surface area is 132 Å². The van der Waals surface area contributed by atoms with Gasteiger partial charge in [-0.2, -0.15) is 5.10 Å². The average molecular weight is 319 g/mol. The van der Waals surface area contributed by atoms with Crippen molar-refractivity contribution in [2.24, 2.45) is 7.05 Å². The second-order valence-electron chi connectivity index (χ2n) is 4.51. The summed E-state index contributed by atoms with van der Waals surface area (Å²) in [6.45, 7) is 0. The molecule has 1 aromatic heterocycles. The van der Waals surface area contributed by atoms with Gasteiger partial charge in [-0.1, -0.05) is 6.07 Å². The molecule has 0 fully saturated rings. The first-order valence-electron chi connectivity index (χ1n) is 6.66. The highest BCUT2D eigenvalue weighted by Crippen LogP contribution is 2.29. The molecule has 0 radical (unpaired) electrons. The molecule has 1 aromatic carbocycles. The lowest BCUT2D eigenvalue weighted by Crippen LogP contribution is -2.17. The highest BCUT2D eigenvalue weighted by atomic mass is 16.5. The first kappa shape index (κ1) is 16.3. The highest BCUT2D eigenvalue weighted by Gasteiger charge is 2.23. The number of anilines is 1. The molecule has 122 valence electrons. The molecule has 1 heterocycles. The summed E-state index contributed by atoms with van der Waals surface area (Å²) in [6.07, 6.45) is 1.37. The second kappa shape index (κ2) is 6.82. The minimum atomic E-state index is -0.604. The van der Waals surface area contributed by atoms with Crippen LogP contribution in [-0.4, -0.2) is 43.0 Å². The number of aromatic nitrogens is 2. The maximum absolute atomic E-state index is 12.6. The minimum Gasteiger partial charge on any atom is -0.496 e. The van der Waals surface area contributed by atoms with Crippen LogP contribution < -0.4 is 14.8 Å². The Bertz CT molecular complexity index is 716. The van der Waals surface area contributed by atoms with E-state index in [1.165, 1.54) is 32.2 Å². The number of methoxy groups -OCH3 is 3. The van der Waals surface area contributed by atoms with E-state index in [1.807, 2.05) is 0 Å². The Morgan fingerprint density at radius 1 is 1.13 bits per heavy atom. The molecule has 0 aliphatic rings. The molecule has 2 rings (SSSR count). The molecule has 0 atom stereocenters. The minimum absolute atomic E-state index is 0.134. The molecular formula is C15H17N3O5. The Morgan fingerprint density at radius 2 is 1.74 bits per heavy atom. The van der Waals surface area contributed by atoms with E-state index in [1.54, 1.807) is 25.2 Å². The zero-order chi connectivity index (χ0) is 17.0. The molecule has 1 amide bonds. The summed E-state index contributed by atoms with van der Waals surface area (Å²) in [6, 6.07) is 4.99. The van der Waals surface area contributed by atoms with E-state index in [0.717, 1.165) is 0 Å². The zero-order valence-corrected chi connectivity index (χ0v) is 13.2. The van der Waals surface area contributed by atoms with E-state index in [4.69, 9.17) is 14.2 Å². The van der Waals surface area contributed by atoms with Crippen LogP contribution in [0.3, 0.4) is 0 Å². The molecule has 2 aromatic rings. The first-order valence-corrected chi connectivity index (χ1v) is 6.66. The molecule has 23 heavy (non-hydrogen) atoms. The van der Waals surface area contributed by atoms with E-state index in [-0.39, 0.29) is 16.9 Å². The van der Waals surface area contributed by atoms with E-state index < -0.39 is 11.9 Å². The molecule has 0 saturated carbocycles. The molecule has 8 heteroatoms. The zero-order valence-electron chi connectivity index (χ0n) is 13.2. The number of hydrogen-bond acceptors (Lipinski definition) is 6. The summed E-state index contributed by atoms with van der Waals surface area (Å²) in [5.74, 6) is -0.388. The fraction of sp³-hybridized carbons (Fsp3) is 0.267. The van der Waals surface area contributed by atoms with Crippen molar-refractivity contribution in [1.29, 1.82) is 0 Å². The van der Waals surface area contributed by atoms with E-state index >= 15 is 0 Å². The molecular weight excluding hydrogens is 302 g/mol. The van der Waals surface area contributed by atoms with Gasteiger partial charge in [0.05, 0.1) is 33.2 Å². The van der Waals surface area contributed by atoms with Crippen molar-refractivity contribution >= 4 is 17.6 Å². The molecule has 0 unspecified atom stereocenters. The first-order chi connectivity index (χ1) is 11.0. The Kier molecular flexibility index (Phi) is 4.85. The SMILES string of the molecule is COC(=O)c1c(NC(=O)c2c(OC)cccc2OC)cnn1C. The lowest BCUT2D eigenvalue weighted by atomic mass is 10.1. The average Bonchev–Trinajstić information content (AvgIpc) is 2.93. The van der Waals surface area contributed by atoms with Crippen molar-refractivity contribution in [1.82, 2.24) is 9.78 Å². The quantitative estimate of drug-likeness (QED) is 0.839. The highest BCUT2D eigenvalue weighted by molar-refractivity contribution is 6.10. The van der Waals surface area contributed by atoms with Gasteiger partial charge < -0.3 is 19.5 Å². The number of ether oxygens (including phenoxy) is 3. The van der Waals surface area contributed by atoms with Crippen LogP contribution in [0.4, 0.5) is 5.69 Å². The predicted molar refractivity (Wildman–Crippen MR) is 82.0 cm³/mol. The van der Waals surface area contributed by atoms with Crippen LogP contribution in [0.25, 0.3) is 0 Å². The van der Waals surface area contributed by atoms with Gasteiger partial charge in [-0.15, -0.1) is 0 Å². The third-order valence-electron chi connectivity index (χ3n) is 3.22. The van der Waals surface area contributed by atoms with Gasteiger partial charge in [0.25, 0.3) is 5.91 Å². The third kappa shape index (κ3) is 3.10. The monoisotopic (exact) mass is 319 g/mol. The Balaban J connectivity index is 2.40. The Hall–Kier alpha value is -3.03. The molecule has 0 aliphatic carbocycles. The van der Waals surface area contributed by atoms with Crippen LogP contribution >= 0.6 is 0 Å². The molecule has 0 spiro atoms. The van der Waals surface area contributed by atoms with Gasteiger partial charge in [0.1, 0.15) is 17.1 Å². The lowest BCUT2D eigenvalue weighted by Gasteiger charge is -2.13. The molecule has 0 aliphatic heterocycles. The van der Waals surface area contributed by atoms with Crippen LogP contribution in [0, 0.1) is 0 Å². The van der Waals surface area contributed by atoms with Gasteiger partial charge in [-0.05, 0) is 12.1 Å². The summed E-state index contributed by atoms with van der Waals surface area (Å²) in [4.78, 5) is 24.4. The van der Waals surface area contributed by atoms with E-state index in [0.29, 0.717) is 11.5 Å². The fourth-order valence-electron chi connectivity index (χ4n) is 2.13. The Morgan fingerprint density at radius 3 is 2.26 bits per heavy atom. The number of carbonyl (C=O) groups is 2. The number of esters is 1. The summed E-state index contributed by atoms with van der Waals surface area (Å²) in [7, 11) is 5.74. The van der Waals surface area contributed by atoms with Crippen molar-refractivity contribution in [3.05, 3.63) is 35.7 Å². The topological polar surface area (TPSA) is 91.7 Å². The van der Waals surface area contributed by atoms with Gasteiger partial charge in [-0.25, -0.2) is 4.79 Å². The predicted octanol–water partition coefficient (Wildman–Crippen LogP) is 1.48. The fourth-order valence-corrected chi connectivity index (χ4v) is 2.13. The van der Waals surface area contributed by atoms with Crippen molar-refractivity contribution in [3.8, 4) is 11.5 Å². The molecule has 0 saturated heterocycles. The number of amides is 1. The van der Waals surface area contributed by atoms with Gasteiger partial charge in [0.15, 0.2) is 5.69 Å². The number of nitrogens with one attached hydrogen (secondary N) is 1. The number of nitrogens with zero attached hydrogens (tertiary/aromatic N) is 2. The van der Waals surface area contributed by atoms with Gasteiger partial charge in [-0.3, -0.25) is 9.48 Å². The summed E-state index contributed by atoms with van der Waals surface area (Å²) in [5, 5.41) is 6.59. The second-order valence-corrected chi connectivity index (χ2v) is 4.51. The van der Waals surface area contributed by atoms with Gasteiger partial charge in [0, 0.05) is 7.05 Å². The molecule has 0 bridgehead atoms. The van der Waals surface area contributed by atoms with Crippen LogP contribution in [0.5, 0.6) is 11.5 Å². The van der Waals surface area contributed by atoms with Crippen LogP contribution in [0.1, 0.15) is 20.8 Å². The number of rotatable bonds is 5. The van der Waals surface area contributed by atoms with Crippen molar-refractivity contribution in [2.45, 2.75) is 0 Å². The summed E-state index contributed by atoms with van der Waals surface area (Å²) >= 11 is 0. The van der Waals surface area contributed by atoms with E-state index in [9.17, 15) is 9.59 Å². The summed E-state index contributed by atoms with van der Waals surface area (Å²) < 4.78 is 16.4. The van der Waals surface area contributed by atoms with E-state index in [2.05, 4.69) is 10.4 Å². The van der Waals surface area contributed by atoms with Gasteiger partial charge in [0.2, 0.25) is 0 Å². The maximum atomic E-state index is 12.6. The van der Waals surface area contributed by atoms with Crippen molar-refractivity contribution < 1.29 is 23.8 Å². The van der Waals surface area contributed by atoms with Crippen molar-refractivity contribution in [3.63, 3.8) is 0 Å². The van der Waals surface area contributed by atoms with Crippen LogP contribution in [0.15, 0.2) is 24.4 Å². The largest absolute Gasteiger partial charge is 0.496 e. The molecule has 1 N–H and O–H groups in total. The third-order valence-corrected chi connectivity index (χ3v) is 3.22. The molecule has 8 nitrogen and oxygen atoms in total. The smallest absolute Gasteiger partial charge is 0.358 e. The van der Waals surface area contributed by atoms with Crippen molar-refractivity contribution in [2.75, 3.05) is 26.6 Å². The van der Waals surface area contributed by atoms with Crippen LogP contribution in [-0.2, 0) is 11.8 Å². The maximum Gasteiger partial charge on any atom is 0.358 e. The lowest BCUT2D eigenvalue weighted by molar-refractivity contribution is 0.0589. The van der Waals surface area contributed by atoms with Crippen LogP contribution in [0.2, 0.25) is 0 Å². The number of carbonyl (C=O) groups excluding carboxylic acids is 2. The number of aryl methyl sites for hydroxylation is 1. The van der Waals surface area contributed by atoms with Gasteiger partial charge >= 0.3 is 5.97 Å². The number of hydrogen-bond donors (Lipinski definition) is 1. The standard InChI is InChI=1S/C15H17N3O5/c1-18-13(15(20)23-4)9(8-16-18)17-14(19)12-10(21-2)6-5-7-11(12)22-3/h5-8H,1-4H3,(H,17,19).